The van der Waals surface area contributed by atoms with Gasteiger partial charge >= 0.3 is 0 Å². The highest BCUT2D eigenvalue weighted by Gasteiger charge is 2.32. The predicted molar refractivity (Wildman–Crippen MR) is 80.2 cm³/mol. The Labute approximate surface area is 125 Å². The maximum Gasteiger partial charge on any atom is 0.243 e. The first kappa shape index (κ1) is 14.3. The minimum atomic E-state index is -3.50. The highest BCUT2D eigenvalue weighted by atomic mass is 32.2. The summed E-state index contributed by atoms with van der Waals surface area (Å²) in [7, 11) is -3.50. The van der Waals surface area contributed by atoms with E-state index < -0.39 is 10.0 Å². The number of sulfonamides is 1. The summed E-state index contributed by atoms with van der Waals surface area (Å²) in [4.78, 5) is 0.321. The van der Waals surface area contributed by atoms with E-state index in [9.17, 15) is 8.42 Å². The van der Waals surface area contributed by atoms with Gasteiger partial charge in [-0.2, -0.15) is 4.31 Å². The molecule has 5 heteroatoms. The van der Waals surface area contributed by atoms with Crippen molar-refractivity contribution in [2.75, 3.05) is 13.2 Å². The van der Waals surface area contributed by atoms with Crippen LogP contribution in [-0.4, -0.2) is 32.0 Å². The van der Waals surface area contributed by atoms with E-state index in [1.807, 2.05) is 36.4 Å². The molecule has 0 aromatic heterocycles. The minimum Gasteiger partial charge on any atom is -0.372 e. The third kappa shape index (κ3) is 3.50. The summed E-state index contributed by atoms with van der Waals surface area (Å²) in [5, 5.41) is 0. The van der Waals surface area contributed by atoms with E-state index >= 15 is 0 Å². The number of rotatable bonds is 6. The SMILES string of the molecule is O=S(=O)(c1ccccc1)N(Cc1ccccc1)CC1CO1. The number of hydrogen-bond donors (Lipinski definition) is 0. The van der Waals surface area contributed by atoms with Crippen molar-refractivity contribution >= 4 is 10.0 Å². The Morgan fingerprint density at radius 2 is 1.57 bits per heavy atom. The summed E-state index contributed by atoms with van der Waals surface area (Å²) < 4.78 is 32.2. The van der Waals surface area contributed by atoms with E-state index in [1.165, 1.54) is 4.31 Å². The minimum absolute atomic E-state index is 0.0206. The lowest BCUT2D eigenvalue weighted by Gasteiger charge is -2.21. The molecule has 0 radical (unpaired) electrons. The van der Waals surface area contributed by atoms with E-state index in [0.29, 0.717) is 24.6 Å². The van der Waals surface area contributed by atoms with Crippen molar-refractivity contribution in [3.63, 3.8) is 0 Å². The first-order valence-electron chi connectivity index (χ1n) is 6.87. The summed E-state index contributed by atoms with van der Waals surface area (Å²) >= 11 is 0. The summed E-state index contributed by atoms with van der Waals surface area (Å²) in [6, 6.07) is 18.1. The molecular weight excluding hydrogens is 286 g/mol. The van der Waals surface area contributed by atoms with Crippen LogP contribution in [0.15, 0.2) is 65.6 Å². The zero-order chi connectivity index (χ0) is 14.7. The van der Waals surface area contributed by atoms with E-state index in [1.54, 1.807) is 24.3 Å². The average molecular weight is 303 g/mol. The van der Waals surface area contributed by atoms with Crippen LogP contribution in [0.1, 0.15) is 5.56 Å². The molecule has 110 valence electrons. The van der Waals surface area contributed by atoms with Crippen molar-refractivity contribution in [2.24, 2.45) is 0 Å². The fourth-order valence-corrected chi connectivity index (χ4v) is 3.66. The van der Waals surface area contributed by atoms with Crippen molar-refractivity contribution < 1.29 is 13.2 Å². The van der Waals surface area contributed by atoms with Crippen LogP contribution in [0.3, 0.4) is 0 Å². The van der Waals surface area contributed by atoms with Gasteiger partial charge in [0.05, 0.1) is 17.6 Å². The van der Waals surface area contributed by atoms with Crippen LogP contribution in [0, 0.1) is 0 Å². The normalized spacial score (nSPS) is 17.9. The fraction of sp³-hybridized carbons (Fsp3) is 0.250. The molecule has 0 bridgehead atoms. The van der Waals surface area contributed by atoms with Gasteiger partial charge in [0.2, 0.25) is 10.0 Å². The van der Waals surface area contributed by atoms with Crippen molar-refractivity contribution in [1.29, 1.82) is 0 Å². The van der Waals surface area contributed by atoms with Crippen LogP contribution in [-0.2, 0) is 21.3 Å². The molecule has 4 nitrogen and oxygen atoms in total. The van der Waals surface area contributed by atoms with Crippen molar-refractivity contribution in [2.45, 2.75) is 17.5 Å². The highest BCUT2D eigenvalue weighted by Crippen LogP contribution is 2.21. The molecule has 3 rings (SSSR count). The van der Waals surface area contributed by atoms with E-state index in [0.717, 1.165) is 5.56 Å². The zero-order valence-corrected chi connectivity index (χ0v) is 12.4. The second-order valence-electron chi connectivity index (χ2n) is 5.05. The van der Waals surface area contributed by atoms with Gasteiger partial charge in [0.25, 0.3) is 0 Å². The Hall–Kier alpha value is -1.69. The smallest absolute Gasteiger partial charge is 0.243 e. The molecule has 1 aliphatic heterocycles. The molecule has 1 fully saturated rings. The van der Waals surface area contributed by atoms with Gasteiger partial charge in [-0.15, -0.1) is 0 Å². The number of epoxide rings is 1. The third-order valence-electron chi connectivity index (χ3n) is 3.39. The number of nitrogens with zero attached hydrogens (tertiary/aromatic N) is 1. The van der Waals surface area contributed by atoms with Gasteiger partial charge in [-0.05, 0) is 17.7 Å². The topological polar surface area (TPSA) is 49.9 Å². The van der Waals surface area contributed by atoms with Gasteiger partial charge in [0, 0.05) is 13.1 Å². The first-order valence-corrected chi connectivity index (χ1v) is 8.31. The predicted octanol–water partition coefficient (Wildman–Crippen LogP) is 2.28. The molecule has 0 saturated carbocycles. The van der Waals surface area contributed by atoms with Crippen molar-refractivity contribution in [3.05, 3.63) is 66.2 Å². The van der Waals surface area contributed by atoms with Gasteiger partial charge in [-0.1, -0.05) is 48.5 Å². The largest absolute Gasteiger partial charge is 0.372 e. The van der Waals surface area contributed by atoms with Gasteiger partial charge in [-0.25, -0.2) is 8.42 Å². The van der Waals surface area contributed by atoms with Crippen molar-refractivity contribution in [1.82, 2.24) is 4.31 Å². The van der Waals surface area contributed by atoms with Crippen LogP contribution < -0.4 is 0 Å². The molecule has 1 unspecified atom stereocenters. The van der Waals surface area contributed by atoms with Crippen LogP contribution in [0.2, 0.25) is 0 Å². The maximum absolute atomic E-state index is 12.8. The molecule has 0 N–H and O–H groups in total. The Morgan fingerprint density at radius 1 is 1.00 bits per heavy atom. The van der Waals surface area contributed by atoms with Gasteiger partial charge in [-0.3, -0.25) is 0 Å². The first-order chi connectivity index (χ1) is 10.2. The Bertz CT molecular complexity index is 682. The quantitative estimate of drug-likeness (QED) is 0.769. The molecule has 0 aliphatic carbocycles. The third-order valence-corrected chi connectivity index (χ3v) is 5.22. The summed E-state index contributed by atoms with van der Waals surface area (Å²) in [6.45, 7) is 1.39. The molecular formula is C16H17NO3S. The molecule has 0 amide bonds. The zero-order valence-electron chi connectivity index (χ0n) is 11.6. The van der Waals surface area contributed by atoms with Gasteiger partial charge in [0.1, 0.15) is 0 Å². The van der Waals surface area contributed by atoms with E-state index in [2.05, 4.69) is 0 Å². The number of benzene rings is 2. The van der Waals surface area contributed by atoms with E-state index in [4.69, 9.17) is 4.74 Å². The standard InChI is InChI=1S/C16H17NO3S/c18-21(19,16-9-5-2-6-10-16)17(12-15-13-20-15)11-14-7-3-1-4-8-14/h1-10,15H,11-13H2. The van der Waals surface area contributed by atoms with Crippen LogP contribution in [0.25, 0.3) is 0 Å². The molecule has 1 saturated heterocycles. The monoisotopic (exact) mass is 303 g/mol. The fourth-order valence-electron chi connectivity index (χ4n) is 2.18. The van der Waals surface area contributed by atoms with Gasteiger partial charge in [0.15, 0.2) is 0 Å². The van der Waals surface area contributed by atoms with Crippen LogP contribution in [0.5, 0.6) is 0 Å². The molecule has 1 aliphatic rings. The maximum atomic E-state index is 12.8. The molecule has 1 heterocycles. The molecule has 0 spiro atoms. The summed E-state index contributed by atoms with van der Waals surface area (Å²) in [5.41, 5.74) is 0.970. The number of ether oxygens (including phenoxy) is 1. The molecule has 2 aromatic rings. The molecule has 2 aromatic carbocycles. The second kappa shape index (κ2) is 5.97. The second-order valence-corrected chi connectivity index (χ2v) is 6.99. The molecule has 21 heavy (non-hydrogen) atoms. The van der Waals surface area contributed by atoms with Gasteiger partial charge < -0.3 is 4.74 Å². The lowest BCUT2D eigenvalue weighted by atomic mass is 10.2. The highest BCUT2D eigenvalue weighted by molar-refractivity contribution is 7.89. The Balaban J connectivity index is 1.88. The summed E-state index contributed by atoms with van der Waals surface area (Å²) in [5.74, 6) is 0. The number of hydrogen-bond acceptors (Lipinski definition) is 3. The summed E-state index contributed by atoms with van der Waals surface area (Å²) in [6.07, 6.45) is 0.0206. The molecule has 1 atom stereocenters. The van der Waals surface area contributed by atoms with Crippen molar-refractivity contribution in [3.8, 4) is 0 Å². The lowest BCUT2D eigenvalue weighted by Crippen LogP contribution is -2.33. The van der Waals surface area contributed by atoms with E-state index in [-0.39, 0.29) is 6.10 Å². The Morgan fingerprint density at radius 3 is 2.14 bits per heavy atom. The Kier molecular flexibility index (Phi) is 4.05. The van der Waals surface area contributed by atoms with Crippen LogP contribution in [0.4, 0.5) is 0 Å². The average Bonchev–Trinajstić information content (AvgIpc) is 3.33. The lowest BCUT2D eigenvalue weighted by molar-refractivity contribution is 0.331. The van der Waals surface area contributed by atoms with Crippen LogP contribution >= 0.6 is 0 Å².